The minimum atomic E-state index is -1.06. The molecule has 2 aromatic heterocycles. The Morgan fingerprint density at radius 1 is 1.23 bits per heavy atom. The number of nitrogens with one attached hydrogen (secondary N) is 2. The van der Waals surface area contributed by atoms with Crippen molar-refractivity contribution in [3.05, 3.63) is 59.4 Å². The lowest BCUT2D eigenvalue weighted by Crippen LogP contribution is -2.41. The molecule has 0 spiro atoms. The van der Waals surface area contributed by atoms with Gasteiger partial charge in [-0.3, -0.25) is 0 Å². The van der Waals surface area contributed by atoms with E-state index < -0.39 is 23.6 Å². The summed E-state index contributed by atoms with van der Waals surface area (Å²) in [5.41, 5.74) is 2.42. The number of pyridine rings is 2. The minimum Gasteiger partial charge on any atom is -0.480 e. The average molecular weight is 540 g/mol. The molecular weight excluding hydrogens is 504 g/mol. The molecule has 0 unspecified atom stereocenters. The number of rotatable bonds is 11. The molecular formula is C29H35F2N5O3. The summed E-state index contributed by atoms with van der Waals surface area (Å²) in [5.74, 6) is -1.79. The number of carboxylic acid groups (broad SMARTS) is 1. The molecule has 10 heteroatoms. The number of piperidine rings is 1. The van der Waals surface area contributed by atoms with E-state index in [9.17, 15) is 18.7 Å². The Morgan fingerprint density at radius 2 is 2.10 bits per heavy atom. The number of hydrogen-bond donors (Lipinski definition) is 3. The lowest BCUT2D eigenvalue weighted by Gasteiger charge is -2.32. The minimum absolute atomic E-state index is 0.0482. The lowest BCUT2D eigenvalue weighted by molar-refractivity contribution is -0.138. The average Bonchev–Trinajstić information content (AvgIpc) is 2.93. The van der Waals surface area contributed by atoms with Crippen LogP contribution in [0.2, 0.25) is 0 Å². The molecule has 0 saturated carbocycles. The Kier molecular flexibility index (Phi) is 8.83. The van der Waals surface area contributed by atoms with Crippen molar-refractivity contribution in [2.24, 2.45) is 0 Å². The molecule has 1 aromatic carbocycles. The number of aromatic nitrogens is 2. The number of aryl methyl sites for hydroxylation is 2. The number of halogens is 2. The number of ether oxygens (including phenoxy) is 1. The van der Waals surface area contributed by atoms with Gasteiger partial charge in [-0.1, -0.05) is 6.07 Å². The van der Waals surface area contributed by atoms with E-state index in [0.29, 0.717) is 10.8 Å². The Morgan fingerprint density at radius 3 is 2.97 bits per heavy atom. The first-order valence-electron chi connectivity index (χ1n) is 13.8. The molecule has 3 N–H and O–H groups in total. The van der Waals surface area contributed by atoms with Crippen molar-refractivity contribution in [2.75, 3.05) is 43.4 Å². The summed E-state index contributed by atoms with van der Waals surface area (Å²) in [4.78, 5) is 23.3. The van der Waals surface area contributed by atoms with Gasteiger partial charge in [0.2, 0.25) is 0 Å². The SMILES string of the molecule is O=C(O)[C@@H](CCO[C@@H]1CCCN(CCCc2ccc3c(n2)NCCC3)C1)Nc1nccc2cc(F)c(F)cc12. The van der Waals surface area contributed by atoms with Gasteiger partial charge in [0.15, 0.2) is 11.6 Å². The van der Waals surface area contributed by atoms with Gasteiger partial charge in [-0.25, -0.2) is 23.5 Å². The third-order valence-electron chi connectivity index (χ3n) is 7.50. The van der Waals surface area contributed by atoms with E-state index in [1.807, 2.05) is 0 Å². The van der Waals surface area contributed by atoms with Crippen LogP contribution in [0.1, 0.15) is 43.4 Å². The van der Waals surface area contributed by atoms with Crippen LogP contribution in [0.4, 0.5) is 20.4 Å². The lowest BCUT2D eigenvalue weighted by atomic mass is 10.1. The van der Waals surface area contributed by atoms with Crippen molar-refractivity contribution in [3.63, 3.8) is 0 Å². The van der Waals surface area contributed by atoms with Crippen LogP contribution >= 0.6 is 0 Å². The summed E-state index contributed by atoms with van der Waals surface area (Å²) >= 11 is 0. The third-order valence-corrected chi connectivity index (χ3v) is 7.50. The first kappa shape index (κ1) is 27.2. The Bertz CT molecular complexity index is 1310. The second-order valence-corrected chi connectivity index (χ2v) is 10.4. The molecule has 1 fully saturated rings. The maximum absolute atomic E-state index is 13.8. The van der Waals surface area contributed by atoms with E-state index in [0.717, 1.165) is 88.3 Å². The summed E-state index contributed by atoms with van der Waals surface area (Å²) in [7, 11) is 0. The normalized spacial score (nSPS) is 18.4. The molecule has 8 nitrogen and oxygen atoms in total. The molecule has 3 aromatic rings. The first-order chi connectivity index (χ1) is 19.0. The second-order valence-electron chi connectivity index (χ2n) is 10.4. The summed E-state index contributed by atoms with van der Waals surface area (Å²) in [5, 5.41) is 16.8. The number of nitrogens with zero attached hydrogens (tertiary/aromatic N) is 3. The van der Waals surface area contributed by atoms with Gasteiger partial charge in [-0.2, -0.15) is 0 Å². The zero-order valence-corrected chi connectivity index (χ0v) is 22.0. The molecule has 4 heterocycles. The smallest absolute Gasteiger partial charge is 0.326 e. The van der Waals surface area contributed by atoms with Crippen LogP contribution in [0, 0.1) is 11.6 Å². The molecule has 39 heavy (non-hydrogen) atoms. The molecule has 5 rings (SSSR count). The van der Waals surface area contributed by atoms with Gasteiger partial charge in [0, 0.05) is 43.4 Å². The quantitative estimate of drug-likeness (QED) is 0.324. The summed E-state index contributed by atoms with van der Waals surface area (Å²) in [6, 6.07) is 7.02. The number of anilines is 2. The van der Waals surface area contributed by atoms with Crippen molar-refractivity contribution in [2.45, 2.75) is 57.1 Å². The summed E-state index contributed by atoms with van der Waals surface area (Å²) in [6.45, 7) is 4.07. The number of hydrogen-bond acceptors (Lipinski definition) is 7. The number of likely N-dealkylation sites (tertiary alicyclic amines) is 1. The van der Waals surface area contributed by atoms with E-state index in [-0.39, 0.29) is 24.9 Å². The van der Waals surface area contributed by atoms with Crippen LogP contribution in [0.25, 0.3) is 10.8 Å². The Balaban J connectivity index is 1.08. The van der Waals surface area contributed by atoms with E-state index in [4.69, 9.17) is 9.72 Å². The number of benzene rings is 1. The summed E-state index contributed by atoms with van der Waals surface area (Å²) < 4.78 is 33.5. The fourth-order valence-electron chi connectivity index (χ4n) is 5.40. The number of carboxylic acids is 1. The highest BCUT2D eigenvalue weighted by atomic mass is 19.2. The number of carbonyl (C=O) groups is 1. The third kappa shape index (κ3) is 6.99. The van der Waals surface area contributed by atoms with Gasteiger partial charge in [0.1, 0.15) is 17.7 Å². The number of aliphatic carboxylic acids is 1. The van der Waals surface area contributed by atoms with Crippen molar-refractivity contribution >= 4 is 28.4 Å². The molecule has 0 bridgehead atoms. The largest absolute Gasteiger partial charge is 0.480 e. The molecule has 1 saturated heterocycles. The van der Waals surface area contributed by atoms with Crippen LogP contribution in [0.15, 0.2) is 36.5 Å². The van der Waals surface area contributed by atoms with Gasteiger partial charge in [0.25, 0.3) is 0 Å². The van der Waals surface area contributed by atoms with Crippen molar-refractivity contribution in [1.29, 1.82) is 0 Å². The molecule has 2 atom stereocenters. The highest BCUT2D eigenvalue weighted by molar-refractivity contribution is 5.93. The van der Waals surface area contributed by atoms with Crippen LogP contribution in [0.5, 0.6) is 0 Å². The highest BCUT2D eigenvalue weighted by Crippen LogP contribution is 2.25. The van der Waals surface area contributed by atoms with Gasteiger partial charge in [-0.15, -0.1) is 0 Å². The molecule has 0 radical (unpaired) electrons. The molecule has 0 amide bonds. The maximum Gasteiger partial charge on any atom is 0.326 e. The molecule has 2 aliphatic heterocycles. The van der Waals surface area contributed by atoms with E-state index in [1.165, 1.54) is 11.8 Å². The maximum atomic E-state index is 13.8. The predicted octanol–water partition coefficient (Wildman–Crippen LogP) is 4.64. The van der Waals surface area contributed by atoms with Gasteiger partial charge >= 0.3 is 5.97 Å². The van der Waals surface area contributed by atoms with Gasteiger partial charge < -0.3 is 25.4 Å². The van der Waals surface area contributed by atoms with Gasteiger partial charge in [0.05, 0.1) is 6.10 Å². The second kappa shape index (κ2) is 12.7. The highest BCUT2D eigenvalue weighted by Gasteiger charge is 2.23. The fourth-order valence-corrected chi connectivity index (χ4v) is 5.40. The van der Waals surface area contributed by atoms with Crippen LogP contribution in [0.3, 0.4) is 0 Å². The zero-order chi connectivity index (χ0) is 27.2. The van der Waals surface area contributed by atoms with Crippen LogP contribution in [-0.4, -0.2) is 70.9 Å². The molecule has 208 valence electrons. The predicted molar refractivity (Wildman–Crippen MR) is 146 cm³/mol. The molecule has 0 aliphatic carbocycles. The topological polar surface area (TPSA) is 99.6 Å². The summed E-state index contributed by atoms with van der Waals surface area (Å²) in [6.07, 6.45) is 7.88. The van der Waals surface area contributed by atoms with Crippen molar-refractivity contribution in [3.8, 4) is 0 Å². The van der Waals surface area contributed by atoms with Crippen LogP contribution in [-0.2, 0) is 22.4 Å². The van der Waals surface area contributed by atoms with Crippen molar-refractivity contribution < 1.29 is 23.4 Å². The van der Waals surface area contributed by atoms with Crippen molar-refractivity contribution in [1.82, 2.24) is 14.9 Å². The Labute approximate surface area is 226 Å². The monoisotopic (exact) mass is 539 g/mol. The van der Waals surface area contributed by atoms with Gasteiger partial charge in [-0.05, 0) is 86.8 Å². The standard InChI is InChI=1S/C29H35F2N5O3/c30-24-16-20-9-12-33-28(23(20)17-25(24)31)35-26(29(37)38)10-15-39-22-6-3-14-36(18-22)13-2-5-21-8-7-19-4-1-11-32-27(19)34-21/h7-9,12,16-17,22,26H,1-6,10-11,13-15,18H2,(H,32,34)(H,33,35)(H,37,38)/t22-,26-/m1/s1. The number of fused-ring (bicyclic) bond motifs is 2. The van der Waals surface area contributed by atoms with E-state index >= 15 is 0 Å². The van der Waals surface area contributed by atoms with Crippen LogP contribution < -0.4 is 10.6 Å². The molecule has 2 aliphatic rings. The van der Waals surface area contributed by atoms with E-state index in [2.05, 4.69) is 32.7 Å². The van der Waals surface area contributed by atoms with E-state index in [1.54, 1.807) is 6.07 Å². The first-order valence-corrected chi connectivity index (χ1v) is 13.8. The zero-order valence-electron chi connectivity index (χ0n) is 22.0. The Hall–Kier alpha value is -3.37. The fraction of sp³-hybridized carbons (Fsp3) is 0.483.